The molecule has 2 N–H and O–H groups in total. The number of carbonyl (C=O) groups is 2. The van der Waals surface area contributed by atoms with E-state index in [2.05, 4.69) is 15.0 Å². The lowest BCUT2D eigenvalue weighted by atomic mass is 10.0. The molecule has 144 valence electrons. The average molecular weight is 382 g/mol. The number of aromatic nitrogens is 1. The quantitative estimate of drug-likeness (QED) is 0.731. The molecule has 0 aliphatic rings. The molecule has 0 aliphatic heterocycles. The van der Waals surface area contributed by atoms with Crippen molar-refractivity contribution in [3.05, 3.63) is 59.8 Å². The van der Waals surface area contributed by atoms with Crippen LogP contribution in [0.15, 0.2) is 48.7 Å². The summed E-state index contributed by atoms with van der Waals surface area (Å²) in [6.45, 7) is -1.48. The van der Waals surface area contributed by atoms with Crippen LogP contribution in [0.2, 0.25) is 0 Å². The standard InChI is InChI=1S/C18H17F3N2O4/c19-18(20,21)11-27-15-8-6-13(10-22-15)17(26)23-14(7-9-16(24)25)12-4-2-1-3-5-12/h1-6,8,10,14H,7,9,11H2,(H,23,26)(H,24,25). The Morgan fingerprint density at radius 2 is 1.85 bits per heavy atom. The first-order chi connectivity index (χ1) is 12.7. The number of hydrogen-bond acceptors (Lipinski definition) is 4. The van der Waals surface area contributed by atoms with Gasteiger partial charge in [-0.3, -0.25) is 9.59 Å². The summed E-state index contributed by atoms with van der Waals surface area (Å²) in [4.78, 5) is 26.9. The third kappa shape index (κ3) is 6.96. The van der Waals surface area contributed by atoms with Gasteiger partial charge in [-0.2, -0.15) is 13.2 Å². The van der Waals surface area contributed by atoms with E-state index in [1.807, 2.05) is 0 Å². The van der Waals surface area contributed by atoms with Gasteiger partial charge in [0.15, 0.2) is 6.61 Å². The van der Waals surface area contributed by atoms with Gasteiger partial charge < -0.3 is 15.2 Å². The van der Waals surface area contributed by atoms with Crippen molar-refractivity contribution in [1.82, 2.24) is 10.3 Å². The Labute approximate surface area is 153 Å². The lowest BCUT2D eigenvalue weighted by molar-refractivity contribution is -0.154. The molecule has 27 heavy (non-hydrogen) atoms. The van der Waals surface area contributed by atoms with E-state index in [-0.39, 0.29) is 24.3 Å². The summed E-state index contributed by atoms with van der Waals surface area (Å²) in [6.07, 6.45) is -3.33. The molecule has 0 radical (unpaired) electrons. The van der Waals surface area contributed by atoms with E-state index in [1.54, 1.807) is 30.3 Å². The van der Waals surface area contributed by atoms with Crippen LogP contribution in [0.3, 0.4) is 0 Å². The number of carboxylic acids is 1. The lowest BCUT2D eigenvalue weighted by Gasteiger charge is -2.18. The average Bonchev–Trinajstić information content (AvgIpc) is 2.63. The van der Waals surface area contributed by atoms with Crippen molar-refractivity contribution < 1.29 is 32.6 Å². The summed E-state index contributed by atoms with van der Waals surface area (Å²) in [5.74, 6) is -1.77. The van der Waals surface area contributed by atoms with Crippen LogP contribution in [0.1, 0.15) is 34.8 Å². The Balaban J connectivity index is 2.04. The number of hydrogen-bond donors (Lipinski definition) is 2. The summed E-state index contributed by atoms with van der Waals surface area (Å²) in [5, 5.41) is 11.6. The van der Waals surface area contributed by atoms with Crippen molar-refractivity contribution in [2.45, 2.75) is 25.1 Å². The smallest absolute Gasteiger partial charge is 0.422 e. The van der Waals surface area contributed by atoms with E-state index < -0.39 is 30.7 Å². The number of alkyl halides is 3. The number of carbonyl (C=O) groups excluding carboxylic acids is 1. The first kappa shape index (κ1) is 20.2. The summed E-state index contributed by atoms with van der Waals surface area (Å²) in [5.41, 5.74) is 0.857. The van der Waals surface area contributed by atoms with E-state index in [0.717, 1.165) is 17.8 Å². The maximum Gasteiger partial charge on any atom is 0.422 e. The molecule has 0 saturated heterocycles. The molecule has 0 aliphatic carbocycles. The monoisotopic (exact) mass is 382 g/mol. The van der Waals surface area contributed by atoms with Crippen LogP contribution in [0.4, 0.5) is 13.2 Å². The molecule has 0 bridgehead atoms. The maximum atomic E-state index is 12.4. The number of amides is 1. The number of benzene rings is 1. The fraction of sp³-hybridized carbons (Fsp3) is 0.278. The zero-order chi connectivity index (χ0) is 19.9. The largest absolute Gasteiger partial charge is 0.481 e. The number of ether oxygens (including phenoxy) is 1. The van der Waals surface area contributed by atoms with Gasteiger partial charge in [-0.1, -0.05) is 30.3 Å². The van der Waals surface area contributed by atoms with Crippen molar-refractivity contribution in [2.75, 3.05) is 6.61 Å². The van der Waals surface area contributed by atoms with Crippen LogP contribution in [-0.4, -0.2) is 34.8 Å². The second-order valence-electron chi connectivity index (χ2n) is 5.66. The molecule has 0 saturated carbocycles. The second-order valence-corrected chi connectivity index (χ2v) is 5.66. The Hall–Kier alpha value is -3.10. The fourth-order valence-electron chi connectivity index (χ4n) is 2.27. The lowest BCUT2D eigenvalue weighted by Crippen LogP contribution is -2.29. The zero-order valence-electron chi connectivity index (χ0n) is 14.1. The molecule has 6 nitrogen and oxygen atoms in total. The van der Waals surface area contributed by atoms with E-state index in [4.69, 9.17) is 5.11 Å². The summed E-state index contributed by atoms with van der Waals surface area (Å²) in [7, 11) is 0. The van der Waals surface area contributed by atoms with Gasteiger partial charge in [0.05, 0.1) is 11.6 Å². The first-order valence-electron chi connectivity index (χ1n) is 7.98. The highest BCUT2D eigenvalue weighted by Crippen LogP contribution is 2.20. The number of rotatable bonds is 8. The Morgan fingerprint density at radius 3 is 2.41 bits per heavy atom. The zero-order valence-corrected chi connectivity index (χ0v) is 14.1. The molecule has 1 heterocycles. The first-order valence-corrected chi connectivity index (χ1v) is 7.98. The van der Waals surface area contributed by atoms with Crippen molar-refractivity contribution in [1.29, 1.82) is 0 Å². The molecule has 0 fully saturated rings. The van der Waals surface area contributed by atoms with Crippen LogP contribution in [0, 0.1) is 0 Å². The summed E-state index contributed by atoms with van der Waals surface area (Å²) in [6, 6.07) is 10.8. The van der Waals surface area contributed by atoms with Crippen molar-refractivity contribution >= 4 is 11.9 Å². The summed E-state index contributed by atoms with van der Waals surface area (Å²) < 4.78 is 40.9. The molecule has 1 aromatic carbocycles. The van der Waals surface area contributed by atoms with Gasteiger partial charge in [0.25, 0.3) is 5.91 Å². The predicted molar refractivity (Wildman–Crippen MR) is 89.3 cm³/mol. The van der Waals surface area contributed by atoms with Crippen LogP contribution < -0.4 is 10.1 Å². The molecule has 2 rings (SSSR count). The van der Waals surface area contributed by atoms with E-state index in [1.165, 1.54) is 6.07 Å². The minimum absolute atomic E-state index is 0.116. The van der Waals surface area contributed by atoms with Gasteiger partial charge in [-0.25, -0.2) is 4.98 Å². The van der Waals surface area contributed by atoms with E-state index in [9.17, 15) is 22.8 Å². The molecule has 1 atom stereocenters. The number of pyridine rings is 1. The third-order valence-corrected chi connectivity index (χ3v) is 3.54. The second kappa shape index (κ2) is 9.02. The fourth-order valence-corrected chi connectivity index (χ4v) is 2.27. The highest BCUT2D eigenvalue weighted by atomic mass is 19.4. The number of halogens is 3. The number of aliphatic carboxylic acids is 1. The topological polar surface area (TPSA) is 88.5 Å². The Morgan fingerprint density at radius 1 is 1.15 bits per heavy atom. The Kier molecular flexibility index (Phi) is 6.75. The highest BCUT2D eigenvalue weighted by Gasteiger charge is 2.28. The van der Waals surface area contributed by atoms with E-state index >= 15 is 0 Å². The SMILES string of the molecule is O=C(O)CCC(NC(=O)c1ccc(OCC(F)(F)F)nc1)c1ccccc1. The highest BCUT2D eigenvalue weighted by molar-refractivity contribution is 5.94. The Bertz CT molecular complexity index is 764. The van der Waals surface area contributed by atoms with Crippen molar-refractivity contribution in [2.24, 2.45) is 0 Å². The molecule has 0 spiro atoms. The molecule has 1 aromatic heterocycles. The molecule has 2 aromatic rings. The molecule has 1 amide bonds. The molecular formula is C18H17F3N2O4. The molecule has 9 heteroatoms. The molecule has 1 unspecified atom stereocenters. The molecular weight excluding hydrogens is 365 g/mol. The normalized spacial score (nSPS) is 12.3. The van der Waals surface area contributed by atoms with Crippen molar-refractivity contribution in [3.63, 3.8) is 0 Å². The maximum absolute atomic E-state index is 12.4. The van der Waals surface area contributed by atoms with Crippen molar-refractivity contribution in [3.8, 4) is 5.88 Å². The summed E-state index contributed by atoms with van der Waals surface area (Å²) >= 11 is 0. The number of nitrogens with zero attached hydrogens (tertiary/aromatic N) is 1. The van der Waals surface area contributed by atoms with Crippen LogP contribution in [0.5, 0.6) is 5.88 Å². The predicted octanol–water partition coefficient (Wildman–Crippen LogP) is 3.36. The minimum atomic E-state index is -4.48. The van der Waals surface area contributed by atoms with Gasteiger partial charge in [-0.05, 0) is 18.1 Å². The van der Waals surface area contributed by atoms with Gasteiger partial charge in [0, 0.05) is 18.7 Å². The minimum Gasteiger partial charge on any atom is -0.481 e. The van der Waals surface area contributed by atoms with Gasteiger partial charge in [0.1, 0.15) is 0 Å². The van der Waals surface area contributed by atoms with Crippen LogP contribution >= 0.6 is 0 Å². The van der Waals surface area contributed by atoms with E-state index in [0.29, 0.717) is 0 Å². The third-order valence-electron chi connectivity index (χ3n) is 3.54. The van der Waals surface area contributed by atoms with Gasteiger partial charge in [-0.15, -0.1) is 0 Å². The number of nitrogens with one attached hydrogen (secondary N) is 1. The number of carboxylic acid groups (broad SMARTS) is 1. The van der Waals surface area contributed by atoms with Crippen LogP contribution in [0.25, 0.3) is 0 Å². The van der Waals surface area contributed by atoms with Crippen LogP contribution in [-0.2, 0) is 4.79 Å². The van der Waals surface area contributed by atoms with Gasteiger partial charge >= 0.3 is 12.1 Å². The van der Waals surface area contributed by atoms with Gasteiger partial charge in [0.2, 0.25) is 5.88 Å².